The van der Waals surface area contributed by atoms with Gasteiger partial charge in [-0.05, 0) is 49.8 Å². The van der Waals surface area contributed by atoms with Gasteiger partial charge in [0, 0.05) is 35.3 Å². The van der Waals surface area contributed by atoms with Gasteiger partial charge < -0.3 is 20.1 Å². The van der Waals surface area contributed by atoms with E-state index in [-0.39, 0.29) is 23.9 Å². The summed E-state index contributed by atoms with van der Waals surface area (Å²) in [5.41, 5.74) is 2.51. The molecule has 0 amide bonds. The molecule has 9 nitrogen and oxygen atoms in total. The van der Waals surface area contributed by atoms with Crippen molar-refractivity contribution >= 4 is 5.95 Å². The molecule has 10 heteroatoms. The summed E-state index contributed by atoms with van der Waals surface area (Å²) in [6, 6.07) is 7.33. The minimum atomic E-state index is -0.944. The van der Waals surface area contributed by atoms with E-state index in [4.69, 9.17) is 4.74 Å². The number of aromatic hydroxyl groups is 1. The van der Waals surface area contributed by atoms with E-state index in [0.29, 0.717) is 29.1 Å². The maximum Gasteiger partial charge on any atom is 0.245 e. The molecule has 3 aliphatic rings. The van der Waals surface area contributed by atoms with Gasteiger partial charge in [0.2, 0.25) is 11.8 Å². The van der Waals surface area contributed by atoms with Crippen molar-refractivity contribution in [3.63, 3.8) is 0 Å². The number of hydrogen-bond donors (Lipinski definition) is 2. The molecule has 1 aromatic carbocycles. The average Bonchev–Trinajstić information content (AvgIpc) is 3.62. The van der Waals surface area contributed by atoms with Crippen LogP contribution in [0.25, 0.3) is 22.4 Å². The summed E-state index contributed by atoms with van der Waals surface area (Å²) in [4.78, 5) is 6.62. The number of alkyl halides is 1. The molecule has 6 rings (SSSR count). The fourth-order valence-electron chi connectivity index (χ4n) is 5.22. The van der Waals surface area contributed by atoms with Gasteiger partial charge in [-0.25, -0.2) is 9.37 Å². The first-order valence-electron chi connectivity index (χ1n) is 11.7. The van der Waals surface area contributed by atoms with E-state index in [1.165, 1.54) is 7.11 Å². The van der Waals surface area contributed by atoms with Crippen molar-refractivity contribution in [1.29, 1.82) is 0 Å². The predicted octanol–water partition coefficient (Wildman–Crippen LogP) is 2.91. The zero-order chi connectivity index (χ0) is 23.2. The van der Waals surface area contributed by atoms with Gasteiger partial charge >= 0.3 is 0 Å². The molecule has 176 valence electrons. The topological polar surface area (TPSA) is 109 Å². The Morgan fingerprint density at radius 2 is 1.94 bits per heavy atom. The highest BCUT2D eigenvalue weighted by Gasteiger charge is 2.48. The lowest BCUT2D eigenvalue weighted by molar-refractivity contribution is 0.171. The number of halogens is 1. The Bertz CT molecular complexity index is 1190. The lowest BCUT2D eigenvalue weighted by Gasteiger charge is -2.40. The molecule has 3 aromatic rings. The van der Waals surface area contributed by atoms with Crippen molar-refractivity contribution in [3.05, 3.63) is 36.7 Å². The van der Waals surface area contributed by atoms with Crippen LogP contribution >= 0.6 is 0 Å². The zero-order valence-corrected chi connectivity index (χ0v) is 18.8. The van der Waals surface area contributed by atoms with E-state index in [9.17, 15) is 5.11 Å². The Kier molecular flexibility index (Phi) is 5.24. The lowest BCUT2D eigenvalue weighted by Crippen LogP contribution is -2.57. The number of piperidine rings is 1. The number of nitrogens with one attached hydrogen (secondary N) is 1. The second-order valence-corrected chi connectivity index (χ2v) is 9.30. The quantitative estimate of drug-likeness (QED) is 0.570. The molecule has 1 aliphatic carbocycles. The fourth-order valence-corrected chi connectivity index (χ4v) is 5.22. The second-order valence-electron chi connectivity index (χ2n) is 9.30. The Labute approximate surface area is 196 Å². The number of phenolic OH excluding ortho intramolecular Hbond substituents is 1. The number of ether oxygens (including phenoxy) is 1. The predicted molar refractivity (Wildman–Crippen MR) is 123 cm³/mol. The van der Waals surface area contributed by atoms with Gasteiger partial charge in [0.25, 0.3) is 0 Å². The highest BCUT2D eigenvalue weighted by Crippen LogP contribution is 2.40. The van der Waals surface area contributed by atoms with Crippen LogP contribution in [-0.4, -0.2) is 67.9 Å². The fraction of sp³-hybridized carbons (Fsp3) is 0.458. The lowest BCUT2D eigenvalue weighted by atomic mass is 9.96. The van der Waals surface area contributed by atoms with Crippen LogP contribution < -0.4 is 15.0 Å². The van der Waals surface area contributed by atoms with E-state index in [2.05, 4.69) is 35.6 Å². The minimum absolute atomic E-state index is 0.0509. The van der Waals surface area contributed by atoms with Gasteiger partial charge in [-0.15, -0.1) is 15.3 Å². The maximum atomic E-state index is 15.3. The molecule has 2 saturated heterocycles. The summed E-state index contributed by atoms with van der Waals surface area (Å²) in [5, 5.41) is 30.6. The first kappa shape index (κ1) is 21.2. The Morgan fingerprint density at radius 1 is 1.06 bits per heavy atom. The summed E-state index contributed by atoms with van der Waals surface area (Å²) in [6.07, 6.45) is 6.97. The number of methoxy groups -OCH3 is 1. The monoisotopic (exact) mass is 463 g/mol. The highest BCUT2D eigenvalue weighted by molar-refractivity contribution is 5.74. The number of fused-ring (bicyclic) bond motifs is 2. The molecule has 0 radical (unpaired) electrons. The molecule has 0 unspecified atom stereocenters. The number of anilines is 1. The van der Waals surface area contributed by atoms with E-state index in [1.54, 1.807) is 30.6 Å². The van der Waals surface area contributed by atoms with Crippen LogP contribution in [-0.2, 0) is 0 Å². The van der Waals surface area contributed by atoms with Crippen molar-refractivity contribution in [3.8, 4) is 34.0 Å². The first-order chi connectivity index (χ1) is 16.6. The molecule has 34 heavy (non-hydrogen) atoms. The van der Waals surface area contributed by atoms with Crippen LogP contribution in [0.1, 0.15) is 32.1 Å². The van der Waals surface area contributed by atoms with Gasteiger partial charge in [0.15, 0.2) is 0 Å². The van der Waals surface area contributed by atoms with Crippen molar-refractivity contribution in [1.82, 2.24) is 30.7 Å². The Hall–Kier alpha value is -3.40. The maximum absolute atomic E-state index is 15.3. The van der Waals surface area contributed by atoms with Crippen LogP contribution in [0.4, 0.5) is 10.3 Å². The van der Waals surface area contributed by atoms with Gasteiger partial charge in [-0.3, -0.25) is 0 Å². The Morgan fingerprint density at radius 3 is 2.68 bits per heavy atom. The largest absolute Gasteiger partial charge is 0.507 e. The third-order valence-electron chi connectivity index (χ3n) is 7.08. The van der Waals surface area contributed by atoms with Crippen molar-refractivity contribution in [2.24, 2.45) is 0 Å². The molecule has 3 fully saturated rings. The molecular formula is C24H26FN7O2. The zero-order valence-electron chi connectivity index (χ0n) is 18.8. The Balaban J connectivity index is 1.26. The highest BCUT2D eigenvalue weighted by atomic mass is 19.1. The van der Waals surface area contributed by atoms with Crippen LogP contribution in [0, 0.1) is 0 Å². The molecular weight excluding hydrogens is 437 g/mol. The number of phenols is 1. The van der Waals surface area contributed by atoms with E-state index >= 15 is 4.39 Å². The second kappa shape index (κ2) is 8.43. The number of rotatable bonds is 6. The molecule has 4 heterocycles. The van der Waals surface area contributed by atoms with E-state index < -0.39 is 6.17 Å². The third kappa shape index (κ3) is 3.81. The van der Waals surface area contributed by atoms with Crippen LogP contribution in [0.3, 0.4) is 0 Å². The van der Waals surface area contributed by atoms with Crippen molar-refractivity contribution in [2.45, 2.75) is 62.4 Å². The standard InChI is InChI=1S/C24H26FN7O2/c1-34-22-9-14(11-27-30-22)13-2-6-17(21(33)8-13)19-12-26-24(31-29-19)32(16-4-5-16)20-10-15-3-7-18(28-15)23(20)25/h2,6,8-9,11-12,15-16,18,20,23,28,33H,3-5,7,10H2,1H3/t15-,18+,20-,23+/m1/s1. The smallest absolute Gasteiger partial charge is 0.245 e. The van der Waals surface area contributed by atoms with Gasteiger partial charge in [0.05, 0.1) is 25.5 Å². The molecule has 0 spiro atoms. The summed E-state index contributed by atoms with van der Waals surface area (Å²) >= 11 is 0. The van der Waals surface area contributed by atoms with Gasteiger partial charge in [0.1, 0.15) is 17.6 Å². The van der Waals surface area contributed by atoms with Crippen LogP contribution in [0.5, 0.6) is 11.6 Å². The van der Waals surface area contributed by atoms with Crippen molar-refractivity contribution in [2.75, 3.05) is 12.0 Å². The minimum Gasteiger partial charge on any atom is -0.507 e. The van der Waals surface area contributed by atoms with Crippen LogP contribution in [0.15, 0.2) is 36.7 Å². The number of benzene rings is 1. The van der Waals surface area contributed by atoms with Gasteiger partial charge in [-0.1, -0.05) is 6.07 Å². The molecule has 2 aromatic heterocycles. The molecule has 4 atom stereocenters. The number of aromatic nitrogens is 5. The SMILES string of the molecule is COc1cc(-c2ccc(-c3cnc(N(C4CC4)[C@@H]4C[C@H]5CC[C@H](N5)[C@@H]4F)nn3)c(O)c2)cnn1. The normalized spacial score (nSPS) is 25.8. The summed E-state index contributed by atoms with van der Waals surface area (Å²) in [7, 11) is 1.53. The number of nitrogens with zero attached hydrogens (tertiary/aromatic N) is 6. The first-order valence-corrected chi connectivity index (χ1v) is 11.7. The molecule has 2 bridgehead atoms. The number of hydrogen-bond acceptors (Lipinski definition) is 9. The third-order valence-corrected chi connectivity index (χ3v) is 7.08. The average molecular weight is 464 g/mol. The van der Waals surface area contributed by atoms with Crippen molar-refractivity contribution < 1.29 is 14.2 Å². The molecule has 1 saturated carbocycles. The summed E-state index contributed by atoms with van der Waals surface area (Å²) < 4.78 is 20.4. The van der Waals surface area contributed by atoms with Gasteiger partial charge in [-0.2, -0.15) is 5.10 Å². The van der Waals surface area contributed by atoms with E-state index in [0.717, 1.165) is 43.2 Å². The van der Waals surface area contributed by atoms with Crippen LogP contribution in [0.2, 0.25) is 0 Å². The summed E-state index contributed by atoms with van der Waals surface area (Å²) in [6.45, 7) is 0. The summed E-state index contributed by atoms with van der Waals surface area (Å²) in [5.74, 6) is 0.908. The van der Waals surface area contributed by atoms with E-state index in [1.807, 2.05) is 6.07 Å². The molecule has 2 N–H and O–H groups in total. The molecule has 2 aliphatic heterocycles.